The van der Waals surface area contributed by atoms with E-state index >= 15 is 0 Å². The summed E-state index contributed by atoms with van der Waals surface area (Å²) < 4.78 is 6.36. The summed E-state index contributed by atoms with van der Waals surface area (Å²) in [7, 11) is 1.69. The van der Waals surface area contributed by atoms with Crippen LogP contribution >= 0.6 is 31.9 Å². The molecule has 1 atom stereocenters. The van der Waals surface area contributed by atoms with Crippen molar-refractivity contribution in [3.05, 3.63) is 63.1 Å². The predicted molar refractivity (Wildman–Crippen MR) is 87.4 cm³/mol. The molecule has 19 heavy (non-hydrogen) atoms. The first-order valence-electron chi connectivity index (χ1n) is 6.07. The van der Waals surface area contributed by atoms with Gasteiger partial charge in [0, 0.05) is 4.47 Å². The smallest absolute Gasteiger partial charge is 0.119 e. The predicted octanol–water partition coefficient (Wildman–Crippen LogP) is 5.56. The quantitative estimate of drug-likeness (QED) is 0.630. The molecule has 0 spiro atoms. The van der Waals surface area contributed by atoms with Crippen LogP contribution in [0.1, 0.15) is 27.1 Å². The van der Waals surface area contributed by atoms with Gasteiger partial charge in [-0.2, -0.15) is 0 Å². The third kappa shape index (κ3) is 3.40. The average Bonchev–Trinajstić information content (AvgIpc) is 2.36. The van der Waals surface area contributed by atoms with Crippen LogP contribution in [-0.4, -0.2) is 7.11 Å². The van der Waals surface area contributed by atoms with Crippen molar-refractivity contribution in [3.8, 4) is 5.75 Å². The van der Waals surface area contributed by atoms with Crippen LogP contribution in [0.3, 0.4) is 0 Å². The first-order valence-corrected chi connectivity index (χ1v) is 7.78. The second kappa shape index (κ2) is 6.10. The van der Waals surface area contributed by atoms with Crippen molar-refractivity contribution in [2.24, 2.45) is 0 Å². The molecule has 0 bridgehead atoms. The van der Waals surface area contributed by atoms with E-state index in [1.165, 1.54) is 22.3 Å². The van der Waals surface area contributed by atoms with Crippen LogP contribution < -0.4 is 4.74 Å². The Morgan fingerprint density at radius 2 is 1.79 bits per heavy atom. The number of benzene rings is 2. The Hall–Kier alpha value is -0.800. The van der Waals surface area contributed by atoms with Gasteiger partial charge in [0.2, 0.25) is 0 Å². The average molecular weight is 384 g/mol. The van der Waals surface area contributed by atoms with Gasteiger partial charge in [0.05, 0.1) is 11.9 Å². The number of aryl methyl sites for hydroxylation is 2. The highest BCUT2D eigenvalue weighted by molar-refractivity contribution is 9.10. The van der Waals surface area contributed by atoms with Crippen LogP contribution in [0.2, 0.25) is 0 Å². The van der Waals surface area contributed by atoms with E-state index in [0.29, 0.717) is 0 Å². The Labute approximate surface area is 131 Å². The van der Waals surface area contributed by atoms with Gasteiger partial charge in [-0.25, -0.2) is 0 Å². The van der Waals surface area contributed by atoms with E-state index in [4.69, 9.17) is 4.74 Å². The molecule has 0 N–H and O–H groups in total. The molecule has 0 saturated heterocycles. The Balaban J connectivity index is 2.40. The molecule has 0 amide bonds. The molecule has 1 nitrogen and oxygen atoms in total. The van der Waals surface area contributed by atoms with Crippen LogP contribution in [0.4, 0.5) is 0 Å². The standard InChI is InChI=1S/C16H16Br2O/c1-10-6-12(9-13(17)7-10)16(18)15-5-4-14(19-3)8-11(15)2/h4-9,16H,1-3H3. The fourth-order valence-electron chi connectivity index (χ4n) is 2.15. The molecule has 2 aromatic rings. The lowest BCUT2D eigenvalue weighted by Gasteiger charge is -2.15. The number of hydrogen-bond acceptors (Lipinski definition) is 1. The van der Waals surface area contributed by atoms with E-state index in [2.05, 4.69) is 76.0 Å². The van der Waals surface area contributed by atoms with Crippen LogP contribution in [0.5, 0.6) is 5.75 Å². The molecule has 0 saturated carbocycles. The maximum atomic E-state index is 5.25. The minimum absolute atomic E-state index is 0.189. The molecule has 3 heteroatoms. The zero-order valence-electron chi connectivity index (χ0n) is 11.2. The molecule has 0 aliphatic rings. The summed E-state index contributed by atoms with van der Waals surface area (Å²) in [4.78, 5) is 0.189. The Morgan fingerprint density at radius 3 is 2.37 bits per heavy atom. The maximum Gasteiger partial charge on any atom is 0.119 e. The van der Waals surface area contributed by atoms with E-state index in [1.807, 2.05) is 6.07 Å². The number of hydrogen-bond donors (Lipinski definition) is 0. The van der Waals surface area contributed by atoms with Gasteiger partial charge in [0.25, 0.3) is 0 Å². The third-order valence-electron chi connectivity index (χ3n) is 3.11. The topological polar surface area (TPSA) is 9.23 Å². The Bertz CT molecular complexity index is 573. The molecule has 100 valence electrons. The minimum atomic E-state index is 0.189. The zero-order valence-corrected chi connectivity index (χ0v) is 14.4. The van der Waals surface area contributed by atoms with Crippen molar-refractivity contribution in [3.63, 3.8) is 0 Å². The maximum absolute atomic E-state index is 5.25. The van der Waals surface area contributed by atoms with Crippen molar-refractivity contribution in [1.82, 2.24) is 0 Å². The molecule has 0 fully saturated rings. The molecule has 2 rings (SSSR count). The largest absolute Gasteiger partial charge is 0.497 e. The lowest BCUT2D eigenvalue weighted by molar-refractivity contribution is 0.414. The monoisotopic (exact) mass is 382 g/mol. The van der Waals surface area contributed by atoms with E-state index in [1.54, 1.807) is 7.11 Å². The second-order valence-corrected chi connectivity index (χ2v) is 6.48. The van der Waals surface area contributed by atoms with E-state index in [-0.39, 0.29) is 4.83 Å². The summed E-state index contributed by atoms with van der Waals surface area (Å²) in [5, 5.41) is 0. The fourth-order valence-corrected chi connectivity index (χ4v) is 3.55. The van der Waals surface area contributed by atoms with Gasteiger partial charge in [-0.3, -0.25) is 0 Å². The molecule has 1 unspecified atom stereocenters. The zero-order chi connectivity index (χ0) is 14.0. The Kier molecular flexibility index (Phi) is 4.69. The van der Waals surface area contributed by atoms with Gasteiger partial charge in [0.15, 0.2) is 0 Å². The summed E-state index contributed by atoms with van der Waals surface area (Å²) in [6, 6.07) is 12.6. The van der Waals surface area contributed by atoms with E-state index in [0.717, 1.165) is 10.2 Å². The van der Waals surface area contributed by atoms with Gasteiger partial charge in [-0.1, -0.05) is 44.0 Å². The van der Waals surface area contributed by atoms with Crippen molar-refractivity contribution < 1.29 is 4.74 Å². The van der Waals surface area contributed by atoms with Gasteiger partial charge in [-0.15, -0.1) is 0 Å². The molecule has 0 aromatic heterocycles. The van der Waals surface area contributed by atoms with Gasteiger partial charge < -0.3 is 4.74 Å². The van der Waals surface area contributed by atoms with Crippen LogP contribution in [0.15, 0.2) is 40.9 Å². The third-order valence-corrected chi connectivity index (χ3v) is 4.59. The number of rotatable bonds is 3. The minimum Gasteiger partial charge on any atom is -0.497 e. The molecule has 0 aliphatic carbocycles. The molecular weight excluding hydrogens is 368 g/mol. The van der Waals surface area contributed by atoms with Crippen molar-refractivity contribution in [1.29, 1.82) is 0 Å². The van der Waals surface area contributed by atoms with Crippen molar-refractivity contribution in [2.45, 2.75) is 18.7 Å². The molecule has 0 heterocycles. The van der Waals surface area contributed by atoms with Gasteiger partial charge in [0.1, 0.15) is 5.75 Å². The highest BCUT2D eigenvalue weighted by Gasteiger charge is 2.14. The lowest BCUT2D eigenvalue weighted by atomic mass is 9.99. The van der Waals surface area contributed by atoms with Gasteiger partial charge >= 0.3 is 0 Å². The molecule has 0 aliphatic heterocycles. The van der Waals surface area contributed by atoms with Crippen LogP contribution in [0.25, 0.3) is 0 Å². The van der Waals surface area contributed by atoms with Crippen LogP contribution in [-0.2, 0) is 0 Å². The Morgan fingerprint density at radius 1 is 1.05 bits per heavy atom. The van der Waals surface area contributed by atoms with E-state index in [9.17, 15) is 0 Å². The number of alkyl halides is 1. The van der Waals surface area contributed by atoms with Gasteiger partial charge in [-0.05, 0) is 60.4 Å². The lowest BCUT2D eigenvalue weighted by Crippen LogP contribution is -1.97. The molecule has 2 aromatic carbocycles. The first kappa shape index (κ1) is 14.6. The second-order valence-electron chi connectivity index (χ2n) is 4.65. The number of methoxy groups -OCH3 is 1. The molecule has 0 radical (unpaired) electrons. The normalized spacial score (nSPS) is 12.3. The fraction of sp³-hybridized carbons (Fsp3) is 0.250. The molecular formula is C16H16Br2O. The van der Waals surface area contributed by atoms with Crippen LogP contribution in [0, 0.1) is 13.8 Å². The highest BCUT2D eigenvalue weighted by Crippen LogP contribution is 2.35. The van der Waals surface area contributed by atoms with Crippen molar-refractivity contribution in [2.75, 3.05) is 7.11 Å². The number of ether oxygens (including phenoxy) is 1. The summed E-state index contributed by atoms with van der Waals surface area (Å²) in [6.45, 7) is 4.21. The summed E-state index contributed by atoms with van der Waals surface area (Å²) in [5.74, 6) is 0.895. The SMILES string of the molecule is COc1ccc(C(Br)c2cc(C)cc(Br)c2)c(C)c1. The summed E-state index contributed by atoms with van der Waals surface area (Å²) in [5.41, 5.74) is 4.98. The number of halogens is 2. The van der Waals surface area contributed by atoms with E-state index < -0.39 is 0 Å². The van der Waals surface area contributed by atoms with Crippen molar-refractivity contribution >= 4 is 31.9 Å². The summed E-state index contributed by atoms with van der Waals surface area (Å²) in [6.07, 6.45) is 0. The first-order chi connectivity index (χ1) is 9.01. The summed E-state index contributed by atoms with van der Waals surface area (Å²) >= 11 is 7.35. The highest BCUT2D eigenvalue weighted by atomic mass is 79.9.